The van der Waals surface area contributed by atoms with Crippen molar-refractivity contribution in [3.8, 4) is 0 Å². The van der Waals surface area contributed by atoms with Crippen LogP contribution in [0.4, 0.5) is 21.0 Å². The van der Waals surface area contributed by atoms with Crippen LogP contribution in [0, 0.1) is 0 Å². The molecule has 1 aromatic rings. The first-order valence-corrected chi connectivity index (χ1v) is 6.85. The molecular formula is C15H18N2O4. The summed E-state index contributed by atoms with van der Waals surface area (Å²) in [5, 5.41) is 2.67. The summed E-state index contributed by atoms with van der Waals surface area (Å²) in [5.74, 6) is 0. The first-order valence-electron chi connectivity index (χ1n) is 6.85. The normalized spacial score (nSPS) is 12.6. The van der Waals surface area contributed by atoms with E-state index in [1.165, 1.54) is 4.90 Å². The molecule has 0 radical (unpaired) electrons. The SMILES string of the molecule is CCOC(=O)Nc1cccc2c1C=CCN2C(=O)OCC. The Morgan fingerprint density at radius 3 is 2.71 bits per heavy atom. The van der Waals surface area contributed by atoms with Gasteiger partial charge < -0.3 is 9.47 Å². The summed E-state index contributed by atoms with van der Waals surface area (Å²) in [6.07, 6.45) is 2.78. The molecule has 0 saturated carbocycles. The predicted octanol–water partition coefficient (Wildman–Crippen LogP) is 3.24. The van der Waals surface area contributed by atoms with Gasteiger partial charge in [-0.3, -0.25) is 10.2 Å². The quantitative estimate of drug-likeness (QED) is 0.928. The Balaban J connectivity index is 2.28. The molecule has 2 amide bonds. The minimum atomic E-state index is -0.521. The number of ether oxygens (including phenoxy) is 2. The van der Waals surface area contributed by atoms with Gasteiger partial charge in [0.05, 0.1) is 24.6 Å². The maximum atomic E-state index is 12.0. The summed E-state index contributed by atoms with van der Waals surface area (Å²) in [5.41, 5.74) is 2.05. The summed E-state index contributed by atoms with van der Waals surface area (Å²) in [7, 11) is 0. The van der Waals surface area contributed by atoms with Gasteiger partial charge in [0, 0.05) is 12.1 Å². The van der Waals surface area contributed by atoms with Crippen molar-refractivity contribution < 1.29 is 19.1 Å². The Kier molecular flexibility index (Phi) is 4.81. The molecule has 1 heterocycles. The number of amides is 2. The van der Waals surface area contributed by atoms with Crippen LogP contribution in [-0.2, 0) is 9.47 Å². The fourth-order valence-electron chi connectivity index (χ4n) is 2.10. The third kappa shape index (κ3) is 3.34. The topological polar surface area (TPSA) is 67.9 Å². The van der Waals surface area contributed by atoms with E-state index in [0.717, 1.165) is 5.56 Å². The van der Waals surface area contributed by atoms with Gasteiger partial charge >= 0.3 is 12.2 Å². The Morgan fingerprint density at radius 1 is 1.24 bits per heavy atom. The highest BCUT2D eigenvalue weighted by Crippen LogP contribution is 2.32. The predicted molar refractivity (Wildman–Crippen MR) is 80.5 cm³/mol. The molecule has 0 saturated heterocycles. The van der Waals surface area contributed by atoms with Crippen molar-refractivity contribution in [2.24, 2.45) is 0 Å². The molecule has 0 aromatic heterocycles. The summed E-state index contributed by atoms with van der Waals surface area (Å²) in [6.45, 7) is 4.55. The maximum absolute atomic E-state index is 12.0. The van der Waals surface area contributed by atoms with Gasteiger partial charge in [0.2, 0.25) is 0 Å². The average molecular weight is 290 g/mol. The molecule has 21 heavy (non-hydrogen) atoms. The number of hydrogen-bond acceptors (Lipinski definition) is 4. The van der Waals surface area contributed by atoms with E-state index in [2.05, 4.69) is 5.32 Å². The molecule has 0 atom stereocenters. The zero-order valence-electron chi connectivity index (χ0n) is 12.1. The monoisotopic (exact) mass is 290 g/mol. The molecule has 1 aromatic carbocycles. The Morgan fingerprint density at radius 2 is 2.00 bits per heavy atom. The molecule has 0 bridgehead atoms. The van der Waals surface area contributed by atoms with Crippen molar-refractivity contribution >= 4 is 29.6 Å². The zero-order chi connectivity index (χ0) is 15.2. The van der Waals surface area contributed by atoms with E-state index < -0.39 is 12.2 Å². The number of carbonyl (C=O) groups excluding carboxylic acids is 2. The van der Waals surface area contributed by atoms with Gasteiger partial charge in [-0.05, 0) is 26.0 Å². The molecular weight excluding hydrogens is 272 g/mol. The van der Waals surface area contributed by atoms with Crippen molar-refractivity contribution in [1.29, 1.82) is 0 Å². The Labute approximate surface area is 123 Å². The minimum Gasteiger partial charge on any atom is -0.450 e. The van der Waals surface area contributed by atoms with E-state index in [0.29, 0.717) is 31.1 Å². The summed E-state index contributed by atoms with van der Waals surface area (Å²) in [4.78, 5) is 25.0. The van der Waals surface area contributed by atoms with Gasteiger partial charge in [-0.1, -0.05) is 18.2 Å². The highest BCUT2D eigenvalue weighted by Gasteiger charge is 2.22. The van der Waals surface area contributed by atoms with Crippen LogP contribution in [0.15, 0.2) is 24.3 Å². The minimum absolute atomic E-state index is 0.297. The Bertz CT molecular complexity index is 569. The lowest BCUT2D eigenvalue weighted by Crippen LogP contribution is -2.33. The molecule has 0 aliphatic carbocycles. The summed E-state index contributed by atoms with van der Waals surface area (Å²) < 4.78 is 9.91. The number of hydrogen-bond donors (Lipinski definition) is 1. The van der Waals surface area contributed by atoms with Crippen LogP contribution >= 0.6 is 0 Å². The molecule has 6 nitrogen and oxygen atoms in total. The molecule has 0 fully saturated rings. The van der Waals surface area contributed by atoms with E-state index in [-0.39, 0.29) is 0 Å². The Hall–Kier alpha value is -2.50. The fraction of sp³-hybridized carbons (Fsp3) is 0.333. The van der Waals surface area contributed by atoms with E-state index in [4.69, 9.17) is 9.47 Å². The van der Waals surface area contributed by atoms with Crippen molar-refractivity contribution in [2.75, 3.05) is 30.0 Å². The molecule has 112 valence electrons. The average Bonchev–Trinajstić information content (AvgIpc) is 2.47. The van der Waals surface area contributed by atoms with Crippen molar-refractivity contribution in [2.45, 2.75) is 13.8 Å². The number of rotatable bonds is 3. The third-order valence-corrected chi connectivity index (χ3v) is 2.95. The van der Waals surface area contributed by atoms with E-state index in [9.17, 15) is 9.59 Å². The lowest BCUT2D eigenvalue weighted by atomic mass is 10.1. The molecule has 0 spiro atoms. The van der Waals surface area contributed by atoms with Crippen LogP contribution < -0.4 is 10.2 Å². The van der Waals surface area contributed by atoms with E-state index in [1.54, 1.807) is 26.0 Å². The van der Waals surface area contributed by atoms with Crippen LogP contribution in [0.3, 0.4) is 0 Å². The van der Waals surface area contributed by atoms with Gasteiger partial charge in [0.15, 0.2) is 0 Å². The second-order valence-electron chi connectivity index (χ2n) is 4.30. The number of carbonyl (C=O) groups is 2. The maximum Gasteiger partial charge on any atom is 0.414 e. The first kappa shape index (κ1) is 14.9. The van der Waals surface area contributed by atoms with Crippen LogP contribution in [0.1, 0.15) is 19.4 Å². The highest BCUT2D eigenvalue weighted by molar-refractivity contribution is 5.97. The lowest BCUT2D eigenvalue weighted by Gasteiger charge is -2.26. The van der Waals surface area contributed by atoms with Gasteiger partial charge in [0.25, 0.3) is 0 Å². The standard InChI is InChI=1S/C15H18N2O4/c1-3-20-14(18)16-12-8-5-9-13-11(12)7-6-10-17(13)15(19)21-4-2/h5-9H,3-4,10H2,1-2H3,(H,16,18). The summed E-state index contributed by atoms with van der Waals surface area (Å²) in [6, 6.07) is 5.34. The van der Waals surface area contributed by atoms with Crippen molar-refractivity contribution in [1.82, 2.24) is 0 Å². The largest absolute Gasteiger partial charge is 0.450 e. The van der Waals surface area contributed by atoms with Gasteiger partial charge in [-0.2, -0.15) is 0 Å². The van der Waals surface area contributed by atoms with E-state index >= 15 is 0 Å². The van der Waals surface area contributed by atoms with Crippen molar-refractivity contribution in [3.05, 3.63) is 29.8 Å². The fourth-order valence-corrected chi connectivity index (χ4v) is 2.10. The molecule has 6 heteroatoms. The smallest absolute Gasteiger partial charge is 0.414 e. The van der Waals surface area contributed by atoms with Crippen LogP contribution in [-0.4, -0.2) is 31.9 Å². The van der Waals surface area contributed by atoms with Crippen LogP contribution in [0.5, 0.6) is 0 Å². The highest BCUT2D eigenvalue weighted by atomic mass is 16.6. The van der Waals surface area contributed by atoms with Crippen LogP contribution in [0.25, 0.3) is 6.08 Å². The zero-order valence-corrected chi connectivity index (χ0v) is 12.1. The molecule has 0 unspecified atom stereocenters. The lowest BCUT2D eigenvalue weighted by molar-refractivity contribution is 0.160. The first-order chi connectivity index (χ1) is 10.2. The number of anilines is 2. The van der Waals surface area contributed by atoms with Crippen LogP contribution in [0.2, 0.25) is 0 Å². The molecule has 1 N–H and O–H groups in total. The second-order valence-corrected chi connectivity index (χ2v) is 4.30. The number of fused-ring (bicyclic) bond motifs is 1. The number of benzene rings is 1. The van der Waals surface area contributed by atoms with Gasteiger partial charge in [-0.15, -0.1) is 0 Å². The molecule has 1 aliphatic heterocycles. The molecule has 2 rings (SSSR count). The summed E-state index contributed by atoms with van der Waals surface area (Å²) >= 11 is 0. The number of nitrogens with one attached hydrogen (secondary N) is 1. The van der Waals surface area contributed by atoms with Gasteiger partial charge in [-0.25, -0.2) is 9.59 Å². The third-order valence-electron chi connectivity index (χ3n) is 2.95. The van der Waals surface area contributed by atoms with E-state index in [1.807, 2.05) is 18.2 Å². The second kappa shape index (κ2) is 6.78. The van der Waals surface area contributed by atoms with Gasteiger partial charge in [0.1, 0.15) is 0 Å². The number of nitrogens with zero attached hydrogens (tertiary/aromatic N) is 1. The van der Waals surface area contributed by atoms with Crippen molar-refractivity contribution in [3.63, 3.8) is 0 Å². The molecule has 1 aliphatic rings.